The Balaban J connectivity index is 2.62. The summed E-state index contributed by atoms with van der Waals surface area (Å²) in [6, 6.07) is 8.22. The van der Waals surface area contributed by atoms with Gasteiger partial charge in [0.1, 0.15) is 5.76 Å². The predicted molar refractivity (Wildman–Crippen MR) is 61.2 cm³/mol. The minimum Gasteiger partial charge on any atom is -0.478 e. The van der Waals surface area contributed by atoms with E-state index in [2.05, 4.69) is 0 Å². The molecular formula is C13H10O4. The van der Waals surface area contributed by atoms with Crippen LogP contribution in [0.1, 0.15) is 26.5 Å². The molecule has 0 amide bonds. The zero-order valence-corrected chi connectivity index (χ0v) is 9.14. The van der Waals surface area contributed by atoms with Gasteiger partial charge in [0.2, 0.25) is 0 Å². The molecule has 0 bridgehead atoms. The lowest BCUT2D eigenvalue weighted by Crippen LogP contribution is -2.02. The van der Waals surface area contributed by atoms with Gasteiger partial charge >= 0.3 is 5.97 Å². The first-order valence-corrected chi connectivity index (χ1v) is 5.02. The van der Waals surface area contributed by atoms with Crippen LogP contribution in [0.5, 0.6) is 0 Å². The van der Waals surface area contributed by atoms with E-state index in [1.807, 2.05) is 0 Å². The van der Waals surface area contributed by atoms with Crippen molar-refractivity contribution in [1.82, 2.24) is 0 Å². The van der Waals surface area contributed by atoms with Gasteiger partial charge in [-0.2, -0.15) is 0 Å². The Morgan fingerprint density at radius 3 is 2.65 bits per heavy atom. The summed E-state index contributed by atoms with van der Waals surface area (Å²) in [7, 11) is 0. The number of furan rings is 1. The van der Waals surface area contributed by atoms with Crippen molar-refractivity contribution in [3.8, 4) is 11.3 Å². The van der Waals surface area contributed by atoms with Gasteiger partial charge in [0, 0.05) is 5.56 Å². The van der Waals surface area contributed by atoms with Gasteiger partial charge in [-0.1, -0.05) is 18.2 Å². The molecule has 4 heteroatoms. The van der Waals surface area contributed by atoms with Crippen molar-refractivity contribution in [3.05, 3.63) is 47.2 Å². The molecule has 86 valence electrons. The third-order valence-electron chi connectivity index (χ3n) is 2.50. The van der Waals surface area contributed by atoms with Crippen LogP contribution in [0.25, 0.3) is 11.3 Å². The number of aryl methyl sites for hydroxylation is 1. The minimum atomic E-state index is -1.01. The number of hydrogen-bond donors (Lipinski definition) is 1. The van der Waals surface area contributed by atoms with E-state index in [1.165, 1.54) is 6.07 Å². The van der Waals surface area contributed by atoms with Gasteiger partial charge in [0.15, 0.2) is 12.0 Å². The second-order valence-corrected chi connectivity index (χ2v) is 3.62. The van der Waals surface area contributed by atoms with Gasteiger partial charge in [-0.05, 0) is 24.6 Å². The van der Waals surface area contributed by atoms with Crippen LogP contribution in [0.3, 0.4) is 0 Å². The van der Waals surface area contributed by atoms with Crippen molar-refractivity contribution in [2.45, 2.75) is 6.92 Å². The van der Waals surface area contributed by atoms with Gasteiger partial charge in [-0.15, -0.1) is 0 Å². The van der Waals surface area contributed by atoms with Crippen LogP contribution in [0.15, 0.2) is 34.7 Å². The van der Waals surface area contributed by atoms with Gasteiger partial charge in [-0.25, -0.2) is 4.79 Å². The Hall–Kier alpha value is -2.36. The Labute approximate surface area is 97.5 Å². The van der Waals surface area contributed by atoms with E-state index in [0.717, 1.165) is 0 Å². The molecule has 0 saturated heterocycles. The highest BCUT2D eigenvalue weighted by atomic mass is 16.4. The summed E-state index contributed by atoms with van der Waals surface area (Å²) in [6.45, 7) is 1.72. The van der Waals surface area contributed by atoms with Crippen molar-refractivity contribution in [2.24, 2.45) is 0 Å². The molecule has 1 N–H and O–H groups in total. The molecule has 0 radical (unpaired) electrons. The molecule has 1 heterocycles. The number of carbonyl (C=O) groups is 2. The molecular weight excluding hydrogens is 220 g/mol. The number of hydrogen-bond acceptors (Lipinski definition) is 3. The summed E-state index contributed by atoms with van der Waals surface area (Å²) >= 11 is 0. The van der Waals surface area contributed by atoms with Crippen LogP contribution < -0.4 is 0 Å². The third kappa shape index (κ3) is 1.97. The van der Waals surface area contributed by atoms with E-state index in [4.69, 9.17) is 9.52 Å². The van der Waals surface area contributed by atoms with E-state index >= 15 is 0 Å². The highest BCUT2D eigenvalue weighted by molar-refractivity contribution is 5.97. The van der Waals surface area contributed by atoms with Gasteiger partial charge in [0.25, 0.3) is 0 Å². The SMILES string of the molecule is Cc1cccc(-c2ccc(C=O)o2)c1C(=O)O. The smallest absolute Gasteiger partial charge is 0.336 e. The number of aldehydes is 1. The molecule has 2 rings (SSSR count). The first kappa shape index (κ1) is 11.1. The van der Waals surface area contributed by atoms with Crippen molar-refractivity contribution < 1.29 is 19.1 Å². The maximum Gasteiger partial charge on any atom is 0.336 e. The van der Waals surface area contributed by atoms with Crippen LogP contribution in [0, 0.1) is 6.92 Å². The lowest BCUT2D eigenvalue weighted by atomic mass is 10.0. The first-order chi connectivity index (χ1) is 8.13. The molecule has 0 unspecified atom stereocenters. The topological polar surface area (TPSA) is 67.5 Å². The Kier molecular flexibility index (Phi) is 2.78. The number of carboxylic acid groups (broad SMARTS) is 1. The molecule has 1 aromatic carbocycles. The van der Waals surface area contributed by atoms with E-state index in [1.54, 1.807) is 31.2 Å². The Morgan fingerprint density at radius 1 is 1.29 bits per heavy atom. The number of benzene rings is 1. The molecule has 0 aliphatic heterocycles. The lowest BCUT2D eigenvalue weighted by molar-refractivity contribution is 0.0696. The Morgan fingerprint density at radius 2 is 2.06 bits per heavy atom. The lowest BCUT2D eigenvalue weighted by Gasteiger charge is -2.05. The van der Waals surface area contributed by atoms with Crippen LogP contribution in [0.4, 0.5) is 0 Å². The fraction of sp³-hybridized carbons (Fsp3) is 0.0769. The maximum atomic E-state index is 11.2. The second kappa shape index (κ2) is 4.25. The fourth-order valence-corrected chi connectivity index (χ4v) is 1.72. The molecule has 4 nitrogen and oxygen atoms in total. The fourth-order valence-electron chi connectivity index (χ4n) is 1.72. The quantitative estimate of drug-likeness (QED) is 0.823. The summed E-state index contributed by atoms with van der Waals surface area (Å²) in [5, 5.41) is 9.16. The summed E-state index contributed by atoms with van der Waals surface area (Å²) in [5.41, 5.74) is 1.32. The molecule has 0 spiro atoms. The van der Waals surface area contributed by atoms with Crippen LogP contribution in [-0.4, -0.2) is 17.4 Å². The van der Waals surface area contributed by atoms with Crippen molar-refractivity contribution in [3.63, 3.8) is 0 Å². The summed E-state index contributed by atoms with van der Waals surface area (Å²) in [4.78, 5) is 21.7. The standard InChI is InChI=1S/C13H10O4/c1-8-3-2-4-10(12(8)13(15)16)11-6-5-9(7-14)17-11/h2-7H,1H3,(H,15,16). The number of rotatable bonds is 3. The van der Waals surface area contributed by atoms with Crippen molar-refractivity contribution in [2.75, 3.05) is 0 Å². The molecule has 0 fully saturated rings. The normalized spacial score (nSPS) is 10.2. The van der Waals surface area contributed by atoms with Crippen LogP contribution >= 0.6 is 0 Å². The number of aromatic carboxylic acids is 1. The Bertz CT molecular complexity index is 581. The molecule has 2 aromatic rings. The molecule has 17 heavy (non-hydrogen) atoms. The first-order valence-electron chi connectivity index (χ1n) is 5.02. The zero-order chi connectivity index (χ0) is 12.4. The molecule has 0 aliphatic carbocycles. The average molecular weight is 230 g/mol. The van der Waals surface area contributed by atoms with Crippen LogP contribution in [0.2, 0.25) is 0 Å². The second-order valence-electron chi connectivity index (χ2n) is 3.62. The number of carboxylic acids is 1. The summed E-state index contributed by atoms with van der Waals surface area (Å²) in [6.07, 6.45) is 0.583. The summed E-state index contributed by atoms with van der Waals surface area (Å²) in [5.74, 6) is -0.451. The molecule has 0 aliphatic rings. The number of carbonyl (C=O) groups excluding carboxylic acids is 1. The molecule has 0 saturated carbocycles. The average Bonchev–Trinajstić information content (AvgIpc) is 2.76. The van der Waals surface area contributed by atoms with Crippen LogP contribution in [-0.2, 0) is 0 Å². The molecule has 0 atom stereocenters. The van der Waals surface area contributed by atoms with Gasteiger partial charge in [-0.3, -0.25) is 4.79 Å². The third-order valence-corrected chi connectivity index (χ3v) is 2.50. The van der Waals surface area contributed by atoms with E-state index < -0.39 is 5.97 Å². The highest BCUT2D eigenvalue weighted by Crippen LogP contribution is 2.27. The van der Waals surface area contributed by atoms with Gasteiger partial charge in [0.05, 0.1) is 5.56 Å². The monoisotopic (exact) mass is 230 g/mol. The predicted octanol–water partition coefficient (Wildman–Crippen LogP) is 2.77. The highest BCUT2D eigenvalue weighted by Gasteiger charge is 2.16. The summed E-state index contributed by atoms with van der Waals surface area (Å²) < 4.78 is 5.23. The zero-order valence-electron chi connectivity index (χ0n) is 9.14. The molecule has 1 aromatic heterocycles. The largest absolute Gasteiger partial charge is 0.478 e. The van der Waals surface area contributed by atoms with Gasteiger partial charge < -0.3 is 9.52 Å². The van der Waals surface area contributed by atoms with E-state index in [0.29, 0.717) is 23.2 Å². The van der Waals surface area contributed by atoms with Crippen molar-refractivity contribution in [1.29, 1.82) is 0 Å². The maximum absolute atomic E-state index is 11.2. The van der Waals surface area contributed by atoms with Crippen molar-refractivity contribution >= 4 is 12.3 Å². The van der Waals surface area contributed by atoms with E-state index in [9.17, 15) is 9.59 Å². The minimum absolute atomic E-state index is 0.179. The van der Waals surface area contributed by atoms with E-state index in [-0.39, 0.29) is 11.3 Å².